The molecule has 150 valence electrons. The summed E-state index contributed by atoms with van der Waals surface area (Å²) in [5, 5.41) is 1.43. The van der Waals surface area contributed by atoms with Crippen molar-refractivity contribution in [2.75, 3.05) is 0 Å². The van der Waals surface area contributed by atoms with Crippen molar-refractivity contribution in [1.82, 2.24) is 9.97 Å². The van der Waals surface area contributed by atoms with Crippen molar-refractivity contribution in [2.24, 2.45) is 0 Å². The molecule has 0 saturated carbocycles. The summed E-state index contributed by atoms with van der Waals surface area (Å²) in [7, 11) is 0. The van der Waals surface area contributed by atoms with Crippen LogP contribution >= 0.6 is 23.5 Å². The lowest BCUT2D eigenvalue weighted by Crippen LogP contribution is -1.85. The SMILES string of the molecule is Cc1cccc2oc(SCc3ccc(CSc4nc5c(C)cccc5o4)cc3)nc12. The number of benzene rings is 3. The van der Waals surface area contributed by atoms with E-state index in [-0.39, 0.29) is 0 Å². The molecule has 0 radical (unpaired) electrons. The first-order valence-corrected chi connectivity index (χ1v) is 11.7. The van der Waals surface area contributed by atoms with Gasteiger partial charge in [0.15, 0.2) is 11.2 Å². The molecule has 0 amide bonds. The van der Waals surface area contributed by atoms with Crippen LogP contribution in [-0.2, 0) is 11.5 Å². The van der Waals surface area contributed by atoms with Gasteiger partial charge in [-0.1, -0.05) is 72.1 Å². The summed E-state index contributed by atoms with van der Waals surface area (Å²) in [4.78, 5) is 9.22. The number of thioether (sulfide) groups is 2. The van der Waals surface area contributed by atoms with E-state index in [1.54, 1.807) is 23.5 Å². The molecule has 2 aromatic heterocycles. The highest BCUT2D eigenvalue weighted by Gasteiger charge is 2.10. The Balaban J connectivity index is 1.20. The van der Waals surface area contributed by atoms with Gasteiger partial charge in [-0.2, -0.15) is 0 Å². The lowest BCUT2D eigenvalue weighted by Gasteiger charge is -2.02. The Morgan fingerprint density at radius 2 is 1.07 bits per heavy atom. The molecule has 30 heavy (non-hydrogen) atoms. The fraction of sp³-hybridized carbons (Fsp3) is 0.167. The number of hydrogen-bond donors (Lipinski definition) is 0. The average molecular weight is 433 g/mol. The number of rotatable bonds is 6. The monoisotopic (exact) mass is 432 g/mol. The van der Waals surface area contributed by atoms with Gasteiger partial charge in [-0.3, -0.25) is 0 Å². The quantitative estimate of drug-likeness (QED) is 0.265. The summed E-state index contributed by atoms with van der Waals surface area (Å²) in [5.74, 6) is 1.65. The minimum Gasteiger partial charge on any atom is -0.431 e. The van der Waals surface area contributed by atoms with Gasteiger partial charge in [-0.25, -0.2) is 9.97 Å². The Kier molecular flexibility index (Phi) is 5.27. The minimum atomic E-state index is 0.713. The van der Waals surface area contributed by atoms with E-state index in [4.69, 9.17) is 8.83 Å². The zero-order chi connectivity index (χ0) is 20.5. The highest BCUT2D eigenvalue weighted by molar-refractivity contribution is 7.98. The van der Waals surface area contributed by atoms with Crippen molar-refractivity contribution < 1.29 is 8.83 Å². The molecule has 0 aliphatic heterocycles. The van der Waals surface area contributed by atoms with E-state index < -0.39 is 0 Å². The van der Waals surface area contributed by atoms with E-state index in [1.165, 1.54) is 11.1 Å². The lowest BCUT2D eigenvalue weighted by atomic mass is 10.2. The Morgan fingerprint density at radius 1 is 0.633 bits per heavy atom. The first-order chi connectivity index (χ1) is 14.7. The molecule has 0 bridgehead atoms. The lowest BCUT2D eigenvalue weighted by molar-refractivity contribution is 0.489. The maximum absolute atomic E-state index is 5.85. The van der Waals surface area contributed by atoms with Gasteiger partial charge in [0.05, 0.1) is 0 Å². The van der Waals surface area contributed by atoms with E-state index in [0.717, 1.165) is 44.8 Å². The van der Waals surface area contributed by atoms with Crippen molar-refractivity contribution in [3.63, 3.8) is 0 Å². The van der Waals surface area contributed by atoms with Crippen LogP contribution < -0.4 is 0 Å². The number of hydrogen-bond acceptors (Lipinski definition) is 6. The van der Waals surface area contributed by atoms with Crippen molar-refractivity contribution in [3.8, 4) is 0 Å². The molecular weight excluding hydrogens is 412 g/mol. The molecule has 2 heterocycles. The second kappa shape index (κ2) is 8.20. The smallest absolute Gasteiger partial charge is 0.257 e. The van der Waals surface area contributed by atoms with Gasteiger partial charge < -0.3 is 8.83 Å². The molecule has 4 nitrogen and oxygen atoms in total. The largest absolute Gasteiger partial charge is 0.431 e. The van der Waals surface area contributed by atoms with Crippen LogP contribution in [0, 0.1) is 13.8 Å². The molecule has 0 unspecified atom stereocenters. The van der Waals surface area contributed by atoms with Crippen LogP contribution in [-0.4, -0.2) is 9.97 Å². The third-order valence-electron chi connectivity index (χ3n) is 4.95. The topological polar surface area (TPSA) is 52.1 Å². The summed E-state index contributed by atoms with van der Waals surface area (Å²) < 4.78 is 11.7. The van der Waals surface area contributed by atoms with E-state index in [1.807, 2.05) is 24.3 Å². The molecule has 0 aliphatic rings. The van der Waals surface area contributed by atoms with Crippen LogP contribution in [0.2, 0.25) is 0 Å². The average Bonchev–Trinajstić information content (AvgIpc) is 3.37. The molecule has 5 rings (SSSR count). The molecule has 3 aromatic carbocycles. The Morgan fingerprint density at radius 3 is 1.47 bits per heavy atom. The molecule has 5 aromatic rings. The summed E-state index contributed by atoms with van der Waals surface area (Å²) in [6, 6.07) is 20.7. The van der Waals surface area contributed by atoms with E-state index >= 15 is 0 Å². The van der Waals surface area contributed by atoms with Crippen molar-refractivity contribution >= 4 is 45.7 Å². The van der Waals surface area contributed by atoms with Gasteiger partial charge >= 0.3 is 0 Å². The van der Waals surface area contributed by atoms with Gasteiger partial charge in [0.2, 0.25) is 0 Å². The van der Waals surface area contributed by atoms with Crippen LogP contribution in [0.25, 0.3) is 22.2 Å². The van der Waals surface area contributed by atoms with Crippen molar-refractivity contribution in [2.45, 2.75) is 35.8 Å². The molecule has 0 aliphatic carbocycles. The Hall–Kier alpha value is -2.70. The zero-order valence-electron chi connectivity index (χ0n) is 16.7. The molecule has 0 saturated heterocycles. The highest BCUT2D eigenvalue weighted by atomic mass is 32.2. The first kappa shape index (κ1) is 19.3. The first-order valence-electron chi connectivity index (χ1n) is 9.71. The second-order valence-corrected chi connectivity index (χ2v) is 9.05. The summed E-state index contributed by atoms with van der Waals surface area (Å²) in [5.41, 5.74) is 8.34. The number of nitrogens with zero attached hydrogens (tertiary/aromatic N) is 2. The highest BCUT2D eigenvalue weighted by Crippen LogP contribution is 2.29. The summed E-state index contributed by atoms with van der Waals surface area (Å²) in [6.07, 6.45) is 0. The standard InChI is InChI=1S/C24H20N2O2S2/c1-15-5-3-7-19-21(15)25-23(27-19)29-13-17-9-11-18(12-10-17)14-30-24-26-22-16(2)6-4-8-20(22)28-24/h3-12H,13-14H2,1-2H3. The van der Waals surface area contributed by atoms with Crippen LogP contribution in [0.3, 0.4) is 0 Å². The second-order valence-electron chi connectivity index (χ2n) is 7.20. The van der Waals surface area contributed by atoms with Crippen LogP contribution in [0.5, 0.6) is 0 Å². The van der Waals surface area contributed by atoms with Crippen LogP contribution in [0.15, 0.2) is 79.9 Å². The van der Waals surface area contributed by atoms with Crippen molar-refractivity contribution in [1.29, 1.82) is 0 Å². The van der Waals surface area contributed by atoms with E-state index in [2.05, 4.69) is 60.2 Å². The maximum Gasteiger partial charge on any atom is 0.257 e. The van der Waals surface area contributed by atoms with Gasteiger partial charge in [0.1, 0.15) is 11.0 Å². The third-order valence-corrected chi connectivity index (χ3v) is 6.75. The van der Waals surface area contributed by atoms with Crippen molar-refractivity contribution in [3.05, 3.63) is 82.9 Å². The Bertz CT molecular complexity index is 1220. The number of oxazole rings is 2. The van der Waals surface area contributed by atoms with E-state index in [9.17, 15) is 0 Å². The summed E-state index contributed by atoms with van der Waals surface area (Å²) in [6.45, 7) is 4.11. The minimum absolute atomic E-state index is 0.713. The number of aromatic nitrogens is 2. The molecule has 0 N–H and O–H groups in total. The predicted octanol–water partition coefficient (Wildman–Crippen LogP) is 7.17. The molecular formula is C24H20N2O2S2. The molecule has 0 atom stereocenters. The van der Waals surface area contributed by atoms with Crippen LogP contribution in [0.4, 0.5) is 0 Å². The molecule has 0 spiro atoms. The van der Waals surface area contributed by atoms with Gasteiger partial charge in [0.25, 0.3) is 10.4 Å². The number of aryl methyl sites for hydroxylation is 2. The normalized spacial score (nSPS) is 11.5. The fourth-order valence-corrected chi connectivity index (χ4v) is 4.85. The molecule has 0 fully saturated rings. The zero-order valence-corrected chi connectivity index (χ0v) is 18.3. The van der Waals surface area contributed by atoms with E-state index in [0.29, 0.717) is 10.4 Å². The molecule has 6 heteroatoms. The van der Waals surface area contributed by atoms with Crippen LogP contribution in [0.1, 0.15) is 22.3 Å². The fourth-order valence-electron chi connectivity index (χ4n) is 3.28. The maximum atomic E-state index is 5.85. The number of para-hydroxylation sites is 2. The van der Waals surface area contributed by atoms with Gasteiger partial charge in [0, 0.05) is 11.5 Å². The number of fused-ring (bicyclic) bond motifs is 2. The predicted molar refractivity (Wildman–Crippen MR) is 123 cm³/mol. The third kappa shape index (κ3) is 3.98. The van der Waals surface area contributed by atoms with Gasteiger partial charge in [-0.05, 0) is 48.2 Å². The Labute approximate surface area is 183 Å². The summed E-state index contributed by atoms with van der Waals surface area (Å²) >= 11 is 3.24. The van der Waals surface area contributed by atoms with Gasteiger partial charge in [-0.15, -0.1) is 0 Å².